The molecule has 1 nitrogen and oxygen atoms in total. The van der Waals surface area contributed by atoms with Crippen LogP contribution >= 0.6 is 0 Å². The molecular weight excluding hydrogens is 222 g/mol. The van der Waals surface area contributed by atoms with Crippen molar-refractivity contribution >= 4 is 0 Å². The van der Waals surface area contributed by atoms with Crippen molar-refractivity contribution in [3.63, 3.8) is 0 Å². The summed E-state index contributed by atoms with van der Waals surface area (Å²) < 4.78 is 26.1. The van der Waals surface area contributed by atoms with Gasteiger partial charge in [0.25, 0.3) is 0 Å². The van der Waals surface area contributed by atoms with Gasteiger partial charge in [-0.2, -0.15) is 0 Å². The molecule has 0 saturated heterocycles. The molecule has 1 unspecified atom stereocenters. The van der Waals surface area contributed by atoms with Gasteiger partial charge in [0.15, 0.2) is 0 Å². The van der Waals surface area contributed by atoms with Gasteiger partial charge in [0, 0.05) is 12.8 Å². The summed E-state index contributed by atoms with van der Waals surface area (Å²) in [6.45, 7) is 1.94. The lowest BCUT2D eigenvalue weighted by atomic mass is 9.80. The summed E-state index contributed by atoms with van der Waals surface area (Å²) in [5, 5.41) is 10.3. The zero-order valence-electron chi connectivity index (χ0n) is 10.00. The minimum Gasteiger partial charge on any atom is -0.388 e. The molecule has 3 heteroatoms. The molecule has 1 aliphatic carbocycles. The molecule has 2 rings (SSSR count). The number of rotatable bonds is 2. The van der Waals surface area contributed by atoms with Crippen LogP contribution in [0.25, 0.3) is 0 Å². The Kier molecular flexibility index (Phi) is 3.48. The predicted octanol–water partition coefficient (Wildman–Crippen LogP) is 3.85. The summed E-state index contributed by atoms with van der Waals surface area (Å²) in [4.78, 5) is 0. The Balaban J connectivity index is 2.07. The Bertz CT molecular complexity index is 380. The van der Waals surface area contributed by atoms with Crippen molar-refractivity contribution in [3.05, 3.63) is 35.4 Å². The smallest absolute Gasteiger partial charge is 0.248 e. The van der Waals surface area contributed by atoms with E-state index in [1.165, 1.54) is 0 Å². The van der Waals surface area contributed by atoms with Gasteiger partial charge in [-0.05, 0) is 36.8 Å². The molecule has 1 atom stereocenters. The van der Waals surface area contributed by atoms with Crippen molar-refractivity contribution in [2.24, 2.45) is 5.92 Å². The number of benzene rings is 1. The Morgan fingerprint density at radius 2 is 1.82 bits per heavy atom. The van der Waals surface area contributed by atoms with Gasteiger partial charge in [0.1, 0.15) is 0 Å². The second-order valence-corrected chi connectivity index (χ2v) is 4.99. The van der Waals surface area contributed by atoms with E-state index >= 15 is 0 Å². The summed E-state index contributed by atoms with van der Waals surface area (Å²) >= 11 is 0. The number of hydrogen-bond donors (Lipinski definition) is 1. The van der Waals surface area contributed by atoms with E-state index in [0.29, 0.717) is 12.8 Å². The Morgan fingerprint density at radius 1 is 1.24 bits per heavy atom. The van der Waals surface area contributed by atoms with Crippen molar-refractivity contribution in [2.45, 2.75) is 44.6 Å². The molecule has 1 aliphatic rings. The van der Waals surface area contributed by atoms with Gasteiger partial charge in [0.2, 0.25) is 5.92 Å². The average molecular weight is 240 g/mol. The molecule has 94 valence electrons. The van der Waals surface area contributed by atoms with Crippen LogP contribution in [-0.4, -0.2) is 11.0 Å². The molecule has 0 aliphatic heterocycles. The number of hydrogen-bond acceptors (Lipinski definition) is 1. The largest absolute Gasteiger partial charge is 0.388 e. The zero-order valence-corrected chi connectivity index (χ0v) is 10.00. The van der Waals surface area contributed by atoms with Crippen LogP contribution in [0.5, 0.6) is 0 Å². The molecule has 0 bridgehead atoms. The maximum Gasteiger partial charge on any atom is 0.248 e. The Morgan fingerprint density at radius 3 is 2.41 bits per heavy atom. The van der Waals surface area contributed by atoms with Gasteiger partial charge in [0.05, 0.1) is 6.10 Å². The molecule has 0 aromatic heterocycles. The van der Waals surface area contributed by atoms with Crippen LogP contribution in [0.4, 0.5) is 8.78 Å². The van der Waals surface area contributed by atoms with Gasteiger partial charge < -0.3 is 5.11 Å². The van der Waals surface area contributed by atoms with Crippen LogP contribution < -0.4 is 0 Å². The van der Waals surface area contributed by atoms with E-state index in [4.69, 9.17) is 0 Å². The summed E-state index contributed by atoms with van der Waals surface area (Å²) in [6.07, 6.45) is 0.0129. The third-order valence-corrected chi connectivity index (χ3v) is 3.72. The fraction of sp³-hybridized carbons (Fsp3) is 0.571. The zero-order chi connectivity index (χ0) is 12.5. The minimum absolute atomic E-state index is 0.0317. The minimum atomic E-state index is -2.53. The second-order valence-electron chi connectivity index (χ2n) is 4.99. The Labute approximate surface area is 100 Å². The van der Waals surface area contributed by atoms with Crippen LogP contribution in [0.1, 0.15) is 42.9 Å². The standard InChI is InChI=1S/C14H18F2O/c1-10-4-2-3-5-12(10)13(17)11-6-8-14(15,16)9-7-11/h2-5,11,13,17H,6-9H2,1H3. The van der Waals surface area contributed by atoms with Crippen LogP contribution in [0, 0.1) is 12.8 Å². The molecule has 1 aromatic carbocycles. The molecule has 0 amide bonds. The molecule has 1 N–H and O–H groups in total. The number of alkyl halides is 2. The second kappa shape index (κ2) is 4.73. The molecule has 0 spiro atoms. The number of aliphatic hydroxyl groups excluding tert-OH is 1. The highest BCUT2D eigenvalue weighted by atomic mass is 19.3. The fourth-order valence-electron chi connectivity index (χ4n) is 2.55. The molecular formula is C14H18F2O. The topological polar surface area (TPSA) is 20.2 Å². The van der Waals surface area contributed by atoms with Crippen molar-refractivity contribution in [3.8, 4) is 0 Å². The highest BCUT2D eigenvalue weighted by Crippen LogP contribution is 2.41. The van der Waals surface area contributed by atoms with Crippen molar-refractivity contribution in [1.29, 1.82) is 0 Å². The maximum atomic E-state index is 13.0. The first kappa shape index (κ1) is 12.5. The monoisotopic (exact) mass is 240 g/mol. The van der Waals surface area contributed by atoms with Gasteiger partial charge in [-0.3, -0.25) is 0 Å². The van der Waals surface area contributed by atoms with Gasteiger partial charge in [-0.1, -0.05) is 24.3 Å². The van der Waals surface area contributed by atoms with Gasteiger partial charge in [-0.15, -0.1) is 0 Å². The maximum absolute atomic E-state index is 13.0. The lowest BCUT2D eigenvalue weighted by molar-refractivity contribution is -0.0627. The molecule has 0 radical (unpaired) electrons. The molecule has 1 aromatic rings. The van der Waals surface area contributed by atoms with E-state index in [1.54, 1.807) is 0 Å². The van der Waals surface area contributed by atoms with Crippen LogP contribution in [0.2, 0.25) is 0 Å². The lowest BCUT2D eigenvalue weighted by Crippen LogP contribution is -2.27. The van der Waals surface area contributed by atoms with Crippen LogP contribution in [0.15, 0.2) is 24.3 Å². The normalized spacial score (nSPS) is 22.4. The average Bonchev–Trinajstić information content (AvgIpc) is 2.29. The predicted molar refractivity (Wildman–Crippen MR) is 63.0 cm³/mol. The van der Waals surface area contributed by atoms with Crippen molar-refractivity contribution in [1.82, 2.24) is 0 Å². The third kappa shape index (κ3) is 2.83. The summed E-state index contributed by atoms with van der Waals surface area (Å²) in [5.41, 5.74) is 1.90. The number of aryl methyl sites for hydroxylation is 1. The van der Waals surface area contributed by atoms with Crippen LogP contribution in [-0.2, 0) is 0 Å². The van der Waals surface area contributed by atoms with Crippen LogP contribution in [0.3, 0.4) is 0 Å². The SMILES string of the molecule is Cc1ccccc1C(O)C1CCC(F)(F)CC1. The Hall–Kier alpha value is -0.960. The summed E-state index contributed by atoms with van der Waals surface area (Å²) in [5.74, 6) is -2.56. The highest BCUT2D eigenvalue weighted by molar-refractivity contribution is 5.28. The first-order valence-corrected chi connectivity index (χ1v) is 6.11. The molecule has 1 saturated carbocycles. The first-order valence-electron chi connectivity index (χ1n) is 6.11. The highest BCUT2D eigenvalue weighted by Gasteiger charge is 2.37. The number of aliphatic hydroxyl groups is 1. The summed E-state index contributed by atoms with van der Waals surface area (Å²) in [7, 11) is 0. The van der Waals surface area contributed by atoms with E-state index in [2.05, 4.69) is 0 Å². The van der Waals surface area contributed by atoms with E-state index in [0.717, 1.165) is 11.1 Å². The third-order valence-electron chi connectivity index (χ3n) is 3.72. The molecule has 17 heavy (non-hydrogen) atoms. The number of halogens is 2. The lowest BCUT2D eigenvalue weighted by Gasteiger charge is -2.31. The first-order chi connectivity index (χ1) is 7.99. The molecule has 1 fully saturated rings. The fourth-order valence-corrected chi connectivity index (χ4v) is 2.55. The van der Waals surface area contributed by atoms with Crippen molar-refractivity contribution in [2.75, 3.05) is 0 Å². The van der Waals surface area contributed by atoms with Gasteiger partial charge in [-0.25, -0.2) is 8.78 Å². The van der Waals surface area contributed by atoms with Crippen molar-refractivity contribution < 1.29 is 13.9 Å². The van der Waals surface area contributed by atoms with Gasteiger partial charge >= 0.3 is 0 Å². The quantitative estimate of drug-likeness (QED) is 0.832. The van der Waals surface area contributed by atoms with E-state index in [9.17, 15) is 13.9 Å². The van der Waals surface area contributed by atoms with E-state index in [-0.39, 0.29) is 18.8 Å². The van der Waals surface area contributed by atoms with E-state index in [1.807, 2.05) is 31.2 Å². The molecule has 0 heterocycles. The van der Waals surface area contributed by atoms with E-state index < -0.39 is 12.0 Å². The summed E-state index contributed by atoms with van der Waals surface area (Å²) in [6, 6.07) is 7.62.